The molecule has 0 spiro atoms. The van der Waals surface area contributed by atoms with Crippen molar-refractivity contribution in [2.24, 2.45) is 0 Å². The molecule has 0 N–H and O–H groups in total. The molecule has 6 heteroatoms. The fourth-order valence-corrected chi connectivity index (χ4v) is 1.58. The van der Waals surface area contributed by atoms with E-state index in [2.05, 4.69) is 4.98 Å². The summed E-state index contributed by atoms with van der Waals surface area (Å²) in [4.78, 5) is 15.7. The van der Waals surface area contributed by atoms with Crippen LogP contribution in [0.2, 0.25) is 0 Å². The molecular weight excluding hydrogens is 269 g/mol. The van der Waals surface area contributed by atoms with Crippen molar-refractivity contribution in [2.45, 2.75) is 45.8 Å². The third-order valence-corrected chi connectivity index (χ3v) is 3.87. The Morgan fingerprint density at radius 2 is 1.90 bits per heavy atom. The van der Waals surface area contributed by atoms with E-state index in [1.54, 1.807) is 26.3 Å². The quantitative estimate of drug-likeness (QED) is 0.562. The van der Waals surface area contributed by atoms with Crippen molar-refractivity contribution < 1.29 is 18.9 Å². The highest BCUT2D eigenvalue weighted by atomic mass is 16.5. The van der Waals surface area contributed by atoms with Crippen LogP contribution in [0.3, 0.4) is 0 Å². The molecule has 0 amide bonds. The van der Waals surface area contributed by atoms with E-state index in [0.717, 1.165) is 5.46 Å². The van der Waals surface area contributed by atoms with E-state index >= 15 is 0 Å². The summed E-state index contributed by atoms with van der Waals surface area (Å²) in [5.41, 5.74) is 0.336. The minimum absolute atomic E-state index is 0.342. The van der Waals surface area contributed by atoms with Crippen LogP contribution in [-0.2, 0) is 14.1 Å². The molecule has 0 bridgehead atoms. The van der Waals surface area contributed by atoms with Gasteiger partial charge in [-0.05, 0) is 46.1 Å². The molecule has 0 aliphatic rings. The van der Waals surface area contributed by atoms with Gasteiger partial charge in [0.05, 0.1) is 23.4 Å². The molecule has 0 aromatic carbocycles. The first-order valence-corrected chi connectivity index (χ1v) is 7.03. The molecule has 0 unspecified atom stereocenters. The van der Waals surface area contributed by atoms with Gasteiger partial charge >= 0.3 is 13.5 Å². The van der Waals surface area contributed by atoms with Crippen LogP contribution in [0.1, 0.15) is 45.0 Å². The van der Waals surface area contributed by atoms with Crippen molar-refractivity contribution in [3.05, 3.63) is 24.0 Å². The zero-order valence-electron chi connectivity index (χ0n) is 13.7. The van der Waals surface area contributed by atoms with Crippen LogP contribution in [0.15, 0.2) is 18.5 Å². The van der Waals surface area contributed by atoms with Gasteiger partial charge in [0.1, 0.15) is 0 Å². The standard InChI is InChI=1S/C15H24BNO4/c1-7-20-13(18)11-8-12(10-17-9-11)16-21-15(4,5)14(2,3)19-6/h8-10,16H,7H2,1-6H3. The van der Waals surface area contributed by atoms with Crippen molar-refractivity contribution in [3.8, 4) is 0 Å². The molecule has 1 heterocycles. The summed E-state index contributed by atoms with van der Waals surface area (Å²) in [5, 5.41) is 0. The lowest BCUT2D eigenvalue weighted by Crippen LogP contribution is -2.50. The summed E-state index contributed by atoms with van der Waals surface area (Å²) < 4.78 is 16.4. The van der Waals surface area contributed by atoms with E-state index < -0.39 is 11.2 Å². The number of hydrogen-bond donors (Lipinski definition) is 0. The summed E-state index contributed by atoms with van der Waals surface area (Å²) in [6.07, 6.45) is 3.17. The van der Waals surface area contributed by atoms with Crippen LogP contribution in [0, 0.1) is 0 Å². The fourth-order valence-electron chi connectivity index (χ4n) is 1.58. The highest BCUT2D eigenvalue weighted by molar-refractivity contribution is 6.47. The first-order valence-electron chi connectivity index (χ1n) is 7.03. The molecule has 1 aromatic heterocycles. The Kier molecular flexibility index (Phi) is 5.92. The largest absolute Gasteiger partial charge is 0.462 e. The van der Waals surface area contributed by atoms with Gasteiger partial charge in [-0.1, -0.05) is 0 Å². The van der Waals surface area contributed by atoms with E-state index in [1.165, 1.54) is 6.20 Å². The average Bonchev–Trinajstić information content (AvgIpc) is 2.45. The molecule has 0 fully saturated rings. The minimum Gasteiger partial charge on any atom is -0.462 e. The SMILES string of the molecule is CCOC(=O)c1cncc(BOC(C)(C)C(C)(C)OC)c1. The van der Waals surface area contributed by atoms with Gasteiger partial charge < -0.3 is 14.1 Å². The van der Waals surface area contributed by atoms with Gasteiger partial charge in [0, 0.05) is 19.5 Å². The maximum atomic E-state index is 11.7. The lowest BCUT2D eigenvalue weighted by molar-refractivity contribution is -0.114. The highest BCUT2D eigenvalue weighted by Crippen LogP contribution is 2.27. The second kappa shape index (κ2) is 7.05. The van der Waals surface area contributed by atoms with Crippen molar-refractivity contribution in [2.75, 3.05) is 13.7 Å². The molecule has 0 atom stereocenters. The second-order valence-corrected chi connectivity index (χ2v) is 5.82. The van der Waals surface area contributed by atoms with E-state index in [4.69, 9.17) is 14.1 Å². The Hall–Kier alpha value is -1.40. The maximum Gasteiger partial charge on any atom is 0.339 e. The minimum atomic E-state index is -0.484. The zero-order chi connectivity index (χ0) is 16.1. The summed E-state index contributed by atoms with van der Waals surface area (Å²) >= 11 is 0. The van der Waals surface area contributed by atoms with Crippen LogP contribution >= 0.6 is 0 Å². The van der Waals surface area contributed by atoms with Crippen molar-refractivity contribution in [1.29, 1.82) is 0 Å². The Morgan fingerprint density at radius 1 is 1.24 bits per heavy atom. The summed E-state index contributed by atoms with van der Waals surface area (Å²) in [6, 6.07) is 1.74. The smallest absolute Gasteiger partial charge is 0.339 e. The Balaban J connectivity index is 2.76. The predicted octanol–water partition coefficient (Wildman–Crippen LogP) is 1.46. The number of pyridine rings is 1. The number of nitrogens with zero attached hydrogens (tertiary/aromatic N) is 1. The monoisotopic (exact) mass is 293 g/mol. The Morgan fingerprint density at radius 3 is 2.48 bits per heavy atom. The van der Waals surface area contributed by atoms with E-state index in [0.29, 0.717) is 19.7 Å². The molecule has 1 aromatic rings. The van der Waals surface area contributed by atoms with E-state index in [1.807, 2.05) is 27.7 Å². The van der Waals surface area contributed by atoms with Crippen LogP contribution in [-0.4, -0.2) is 43.4 Å². The molecule has 0 aliphatic carbocycles. The van der Waals surface area contributed by atoms with Gasteiger partial charge in [-0.15, -0.1) is 0 Å². The van der Waals surface area contributed by atoms with Crippen LogP contribution in [0.4, 0.5) is 0 Å². The van der Waals surface area contributed by atoms with Crippen LogP contribution < -0.4 is 5.46 Å². The molecule has 5 nitrogen and oxygen atoms in total. The predicted molar refractivity (Wildman–Crippen MR) is 83.2 cm³/mol. The van der Waals surface area contributed by atoms with Gasteiger partial charge in [0.2, 0.25) is 0 Å². The molecule has 0 saturated carbocycles. The highest BCUT2D eigenvalue weighted by Gasteiger charge is 2.37. The number of ether oxygens (including phenoxy) is 2. The zero-order valence-corrected chi connectivity index (χ0v) is 13.7. The lowest BCUT2D eigenvalue weighted by Gasteiger charge is -2.40. The molecule has 116 valence electrons. The van der Waals surface area contributed by atoms with Crippen molar-refractivity contribution >= 4 is 18.9 Å². The van der Waals surface area contributed by atoms with Crippen LogP contribution in [0.25, 0.3) is 0 Å². The Labute approximate surface area is 127 Å². The fraction of sp³-hybridized carbons (Fsp3) is 0.600. The number of methoxy groups -OCH3 is 1. The normalized spacial score (nSPS) is 12.1. The lowest BCUT2D eigenvalue weighted by atomic mass is 9.83. The molecule has 1 rings (SSSR count). The molecule has 0 saturated heterocycles. The topological polar surface area (TPSA) is 57.7 Å². The Bertz CT molecular complexity index is 488. The third kappa shape index (κ3) is 4.54. The number of aromatic nitrogens is 1. The number of carbonyl (C=O) groups excluding carboxylic acids is 1. The van der Waals surface area contributed by atoms with Gasteiger partial charge in [0.25, 0.3) is 0 Å². The summed E-state index contributed by atoms with van der Waals surface area (Å²) in [7, 11) is 2.01. The number of rotatable bonds is 7. The third-order valence-electron chi connectivity index (χ3n) is 3.87. The van der Waals surface area contributed by atoms with Crippen molar-refractivity contribution in [3.63, 3.8) is 0 Å². The van der Waals surface area contributed by atoms with Crippen molar-refractivity contribution in [1.82, 2.24) is 4.98 Å². The molecular formula is C15H24BNO4. The van der Waals surface area contributed by atoms with Gasteiger partial charge in [0.15, 0.2) is 0 Å². The first kappa shape index (κ1) is 17.7. The number of carbonyl (C=O) groups is 1. The average molecular weight is 293 g/mol. The summed E-state index contributed by atoms with van der Waals surface area (Å²) in [6.45, 7) is 10.0. The second-order valence-electron chi connectivity index (χ2n) is 5.82. The first-order chi connectivity index (χ1) is 9.73. The molecule has 0 radical (unpaired) electrons. The van der Waals surface area contributed by atoms with E-state index in [9.17, 15) is 4.79 Å². The molecule has 0 aliphatic heterocycles. The maximum absolute atomic E-state index is 11.7. The summed E-state index contributed by atoms with van der Waals surface area (Å²) in [5.74, 6) is -0.372. The van der Waals surface area contributed by atoms with Gasteiger partial charge in [-0.3, -0.25) is 4.98 Å². The number of hydrogen-bond acceptors (Lipinski definition) is 5. The molecule has 21 heavy (non-hydrogen) atoms. The number of esters is 1. The van der Waals surface area contributed by atoms with Gasteiger partial charge in [-0.25, -0.2) is 4.79 Å². The van der Waals surface area contributed by atoms with Gasteiger partial charge in [-0.2, -0.15) is 0 Å². The van der Waals surface area contributed by atoms with E-state index in [-0.39, 0.29) is 5.97 Å². The van der Waals surface area contributed by atoms with Crippen LogP contribution in [0.5, 0.6) is 0 Å².